The van der Waals surface area contributed by atoms with Crippen molar-refractivity contribution < 1.29 is 18.0 Å². The molecule has 2 aliphatic rings. The number of hydrogen-bond donors (Lipinski definition) is 3. The van der Waals surface area contributed by atoms with Crippen LogP contribution in [0.4, 0.5) is 18.9 Å². The molecule has 0 spiro atoms. The van der Waals surface area contributed by atoms with Crippen molar-refractivity contribution in [2.75, 3.05) is 11.6 Å². The Hall–Kier alpha value is -1.51. The number of carbonyl (C=O) groups excluding carboxylic acids is 1. The topological polar surface area (TPSA) is 56.4 Å². The van der Waals surface area contributed by atoms with Crippen LogP contribution in [0, 0.1) is 11.8 Å². The van der Waals surface area contributed by atoms with Gasteiger partial charge in [0.2, 0.25) is 5.91 Å². The van der Waals surface area contributed by atoms with Crippen LogP contribution in [0.3, 0.4) is 0 Å². The Morgan fingerprint density at radius 1 is 1.38 bits per heavy atom. The van der Waals surface area contributed by atoms with Gasteiger partial charge in [-0.25, -0.2) is 5.43 Å². The summed E-state index contributed by atoms with van der Waals surface area (Å²) >= 11 is 6.19. The number of hydrazine groups is 1. The Morgan fingerprint density at radius 3 is 2.75 bits per heavy atom. The number of carbonyl (C=O) groups is 1. The third-order valence-corrected chi connectivity index (χ3v) is 4.75. The van der Waals surface area contributed by atoms with E-state index in [1.165, 1.54) is 0 Å². The summed E-state index contributed by atoms with van der Waals surface area (Å²) in [6, 6.07) is 7.10. The van der Waals surface area contributed by atoms with Gasteiger partial charge in [-0.1, -0.05) is 30.7 Å². The summed E-state index contributed by atoms with van der Waals surface area (Å²) in [7, 11) is 0. The number of rotatable bonds is 3. The fourth-order valence-electron chi connectivity index (χ4n) is 3.04. The second-order valence-electron chi connectivity index (χ2n) is 6.14. The highest BCUT2D eigenvalue weighted by Crippen LogP contribution is 2.33. The summed E-state index contributed by atoms with van der Waals surface area (Å²) in [6.07, 6.45) is -5.72. The summed E-state index contributed by atoms with van der Waals surface area (Å²) in [4.78, 5) is 12.2. The van der Waals surface area contributed by atoms with Crippen LogP contribution in [0.25, 0.3) is 0 Å². The molecule has 9 heteroatoms. The third kappa shape index (κ3) is 3.31. The molecule has 0 radical (unpaired) electrons. The maximum absolute atomic E-state index is 12.8. The number of para-hydroxylation sites is 1. The van der Waals surface area contributed by atoms with Crippen molar-refractivity contribution in [1.82, 2.24) is 16.1 Å². The van der Waals surface area contributed by atoms with Crippen LogP contribution in [-0.4, -0.2) is 31.0 Å². The fraction of sp³-hybridized carbons (Fsp3) is 0.533. The van der Waals surface area contributed by atoms with Crippen molar-refractivity contribution in [2.45, 2.75) is 31.9 Å². The molecular weight excluding hydrogens is 345 g/mol. The van der Waals surface area contributed by atoms with Crippen LogP contribution >= 0.6 is 11.6 Å². The molecule has 2 aliphatic heterocycles. The quantitative estimate of drug-likeness (QED) is 0.772. The molecule has 1 aromatic carbocycles. The largest absolute Gasteiger partial charge is 0.391 e. The number of halogens is 4. The number of fused-ring (bicyclic) bond motifs is 1. The predicted octanol–water partition coefficient (Wildman–Crippen LogP) is 2.24. The van der Waals surface area contributed by atoms with Crippen molar-refractivity contribution in [1.29, 1.82) is 0 Å². The molecule has 1 amide bonds. The van der Waals surface area contributed by atoms with E-state index in [2.05, 4.69) is 16.1 Å². The van der Waals surface area contributed by atoms with E-state index in [4.69, 9.17) is 11.6 Å². The van der Waals surface area contributed by atoms with Gasteiger partial charge < -0.3 is 5.32 Å². The van der Waals surface area contributed by atoms with Gasteiger partial charge >= 0.3 is 6.18 Å². The maximum Gasteiger partial charge on any atom is 0.391 e. The third-order valence-electron chi connectivity index (χ3n) is 4.43. The van der Waals surface area contributed by atoms with Gasteiger partial charge in [0.15, 0.2) is 0 Å². The Balaban J connectivity index is 1.77. The first-order valence-electron chi connectivity index (χ1n) is 7.68. The van der Waals surface area contributed by atoms with Gasteiger partial charge in [-0.2, -0.15) is 13.2 Å². The number of nitrogens with zero attached hydrogens (tertiary/aromatic N) is 1. The lowest BCUT2D eigenvalue weighted by atomic mass is 9.99. The number of hydrogen-bond acceptors (Lipinski definition) is 4. The van der Waals surface area contributed by atoms with E-state index in [9.17, 15) is 18.0 Å². The lowest BCUT2D eigenvalue weighted by molar-refractivity contribution is -0.174. The molecule has 2 saturated heterocycles. The molecule has 2 fully saturated rings. The molecule has 0 saturated carbocycles. The minimum atomic E-state index is -4.29. The van der Waals surface area contributed by atoms with E-state index in [0.717, 1.165) is 6.92 Å². The smallest absolute Gasteiger partial charge is 0.340 e. The normalized spacial score (nSPS) is 28.5. The minimum absolute atomic E-state index is 0.227. The van der Waals surface area contributed by atoms with E-state index < -0.39 is 30.3 Å². The second-order valence-corrected chi connectivity index (χ2v) is 6.55. The lowest BCUT2D eigenvalue weighted by Gasteiger charge is -2.38. The molecule has 0 bridgehead atoms. The van der Waals surface area contributed by atoms with Crippen LogP contribution in [0.5, 0.6) is 0 Å². The van der Waals surface area contributed by atoms with E-state index in [1.807, 2.05) is 6.07 Å². The highest BCUT2D eigenvalue weighted by molar-refractivity contribution is 6.33. The van der Waals surface area contributed by atoms with Crippen molar-refractivity contribution in [2.24, 2.45) is 11.8 Å². The standard InChI is InChI=1S/C15H18ClF3N4O/c1-8(15(17,18)19)6-12-21-13-9(14(24)22-12)7-20-23(13)11-5-3-2-4-10(11)16/h2-5,8-9,12-13,20-21H,6-7H2,1H3,(H,22,24). The Bertz CT molecular complexity index is 627. The number of benzene rings is 1. The summed E-state index contributed by atoms with van der Waals surface area (Å²) in [5.74, 6) is -2.19. The van der Waals surface area contributed by atoms with Crippen molar-refractivity contribution in [3.05, 3.63) is 29.3 Å². The van der Waals surface area contributed by atoms with Gasteiger partial charge in [0.1, 0.15) is 6.17 Å². The molecule has 24 heavy (non-hydrogen) atoms. The molecular formula is C15H18ClF3N4O. The molecule has 4 atom stereocenters. The van der Waals surface area contributed by atoms with Gasteiger partial charge in [-0.05, 0) is 18.6 Å². The number of alkyl halides is 3. The van der Waals surface area contributed by atoms with Crippen LogP contribution in [0.2, 0.25) is 5.02 Å². The lowest BCUT2D eigenvalue weighted by Crippen LogP contribution is -2.64. The zero-order chi connectivity index (χ0) is 17.5. The first-order valence-corrected chi connectivity index (χ1v) is 8.05. The molecule has 0 aromatic heterocycles. The second kappa shape index (κ2) is 6.42. The molecule has 3 rings (SSSR count). The van der Waals surface area contributed by atoms with Gasteiger partial charge in [0.05, 0.1) is 28.7 Å². The van der Waals surface area contributed by atoms with E-state index >= 15 is 0 Å². The maximum atomic E-state index is 12.8. The average Bonchev–Trinajstić information content (AvgIpc) is 2.91. The summed E-state index contributed by atoms with van der Waals surface area (Å²) in [5.41, 5.74) is 3.77. The van der Waals surface area contributed by atoms with E-state index in [0.29, 0.717) is 17.3 Å². The first kappa shape index (κ1) is 17.3. The predicted molar refractivity (Wildman–Crippen MR) is 84.1 cm³/mol. The number of amides is 1. The van der Waals surface area contributed by atoms with Crippen LogP contribution in [0.15, 0.2) is 24.3 Å². The van der Waals surface area contributed by atoms with Crippen molar-refractivity contribution >= 4 is 23.2 Å². The SMILES string of the molecule is CC(CC1NC(=O)C2CNN(c3ccccc3Cl)C2N1)C(F)(F)F. The molecule has 3 N–H and O–H groups in total. The van der Waals surface area contributed by atoms with Gasteiger partial charge in [0, 0.05) is 6.54 Å². The van der Waals surface area contributed by atoms with Crippen LogP contribution < -0.4 is 21.1 Å². The van der Waals surface area contributed by atoms with Crippen molar-refractivity contribution in [3.63, 3.8) is 0 Å². The molecule has 0 aliphatic carbocycles. The summed E-state index contributed by atoms with van der Waals surface area (Å²) < 4.78 is 38.3. The van der Waals surface area contributed by atoms with E-state index in [-0.39, 0.29) is 12.3 Å². The average molecular weight is 363 g/mol. The highest BCUT2D eigenvalue weighted by Gasteiger charge is 2.46. The van der Waals surface area contributed by atoms with Crippen LogP contribution in [-0.2, 0) is 4.79 Å². The molecule has 2 heterocycles. The van der Waals surface area contributed by atoms with E-state index in [1.54, 1.807) is 23.2 Å². The molecule has 5 nitrogen and oxygen atoms in total. The van der Waals surface area contributed by atoms with Gasteiger partial charge in [-0.3, -0.25) is 15.1 Å². The van der Waals surface area contributed by atoms with Crippen LogP contribution in [0.1, 0.15) is 13.3 Å². The highest BCUT2D eigenvalue weighted by atomic mass is 35.5. The Kier molecular flexibility index (Phi) is 4.63. The molecule has 4 unspecified atom stereocenters. The van der Waals surface area contributed by atoms with Gasteiger partial charge in [0.25, 0.3) is 0 Å². The monoisotopic (exact) mass is 362 g/mol. The number of nitrogens with one attached hydrogen (secondary N) is 3. The molecule has 132 valence electrons. The van der Waals surface area contributed by atoms with Crippen molar-refractivity contribution in [3.8, 4) is 0 Å². The molecule has 1 aromatic rings. The summed E-state index contributed by atoms with van der Waals surface area (Å²) in [5, 5.41) is 7.94. The Labute approximate surface area is 142 Å². The van der Waals surface area contributed by atoms with Gasteiger partial charge in [-0.15, -0.1) is 0 Å². The number of anilines is 1. The minimum Gasteiger partial charge on any atom is -0.340 e. The zero-order valence-corrected chi connectivity index (χ0v) is 13.7. The summed E-state index contributed by atoms with van der Waals surface area (Å²) in [6.45, 7) is 1.49. The fourth-order valence-corrected chi connectivity index (χ4v) is 3.26. The zero-order valence-electron chi connectivity index (χ0n) is 12.9. The Morgan fingerprint density at radius 2 is 2.08 bits per heavy atom. The first-order chi connectivity index (χ1) is 11.3.